The lowest BCUT2D eigenvalue weighted by Crippen LogP contribution is -2.07. The lowest BCUT2D eigenvalue weighted by molar-refractivity contribution is 0.284. The smallest absolute Gasteiger partial charge is 0.161 e. The Bertz CT molecular complexity index is 1080. The molecule has 0 aromatic heterocycles. The van der Waals surface area contributed by atoms with E-state index in [2.05, 4.69) is 16.6 Å². The number of nitriles is 1. The zero-order valence-electron chi connectivity index (χ0n) is 15.8. The maximum absolute atomic E-state index is 9.23. The average molecular weight is 401 g/mol. The van der Waals surface area contributed by atoms with Crippen LogP contribution in [0.4, 0.5) is 0 Å². The number of benzene rings is 3. The molecular weight excluding hydrogens is 382 g/mol. The van der Waals surface area contributed by atoms with Crippen LogP contribution in [0.2, 0.25) is 0 Å². The molecule has 1 unspecified atom stereocenters. The highest BCUT2D eigenvalue weighted by molar-refractivity contribution is 8.14. The highest BCUT2D eigenvalue weighted by Gasteiger charge is 2.23. The van der Waals surface area contributed by atoms with Gasteiger partial charge in [0.1, 0.15) is 17.0 Å². The van der Waals surface area contributed by atoms with Crippen LogP contribution in [0.1, 0.15) is 27.6 Å². The summed E-state index contributed by atoms with van der Waals surface area (Å²) in [6.07, 6.45) is 0. The molecule has 144 valence electrons. The second-order valence-electron chi connectivity index (χ2n) is 6.38. The van der Waals surface area contributed by atoms with E-state index in [1.807, 2.05) is 66.7 Å². The molecule has 1 heterocycles. The summed E-state index contributed by atoms with van der Waals surface area (Å²) in [6, 6.07) is 25.6. The molecule has 5 nitrogen and oxygen atoms in total. The number of hydrogen-bond acceptors (Lipinski definition) is 6. The molecule has 1 atom stereocenters. The van der Waals surface area contributed by atoms with E-state index in [0.717, 1.165) is 21.7 Å². The Hall–Kier alpha value is -3.43. The van der Waals surface area contributed by atoms with E-state index in [9.17, 15) is 5.26 Å². The largest absolute Gasteiger partial charge is 0.493 e. The first-order chi connectivity index (χ1) is 14.3. The molecule has 1 aliphatic heterocycles. The number of rotatable bonds is 6. The van der Waals surface area contributed by atoms with Gasteiger partial charge in [-0.25, -0.2) is 0 Å². The summed E-state index contributed by atoms with van der Waals surface area (Å²) < 4.78 is 11.5. The summed E-state index contributed by atoms with van der Waals surface area (Å²) in [5, 5.41) is 14.7. The van der Waals surface area contributed by atoms with Gasteiger partial charge in [-0.05, 0) is 23.8 Å². The minimum atomic E-state index is 0.00692. The van der Waals surface area contributed by atoms with Gasteiger partial charge in [0, 0.05) is 11.1 Å². The third kappa shape index (κ3) is 4.20. The van der Waals surface area contributed by atoms with Crippen molar-refractivity contribution in [1.29, 1.82) is 5.26 Å². The van der Waals surface area contributed by atoms with Crippen molar-refractivity contribution in [3.63, 3.8) is 0 Å². The van der Waals surface area contributed by atoms with E-state index in [1.165, 1.54) is 0 Å². The van der Waals surface area contributed by atoms with Gasteiger partial charge in [-0.2, -0.15) is 10.4 Å². The quantitative estimate of drug-likeness (QED) is 0.640. The van der Waals surface area contributed by atoms with Crippen molar-refractivity contribution in [2.45, 2.75) is 12.0 Å². The number of thioether (sulfide) groups is 1. The van der Waals surface area contributed by atoms with Crippen LogP contribution in [0.15, 0.2) is 77.9 Å². The Morgan fingerprint density at radius 1 is 1.03 bits per heavy atom. The van der Waals surface area contributed by atoms with Crippen LogP contribution in [-0.2, 0) is 6.61 Å². The molecule has 4 rings (SSSR count). The van der Waals surface area contributed by atoms with Crippen molar-refractivity contribution in [2.24, 2.45) is 5.10 Å². The van der Waals surface area contributed by atoms with E-state index in [-0.39, 0.29) is 5.37 Å². The minimum Gasteiger partial charge on any atom is -0.493 e. The van der Waals surface area contributed by atoms with Crippen molar-refractivity contribution in [2.75, 3.05) is 7.11 Å². The van der Waals surface area contributed by atoms with Gasteiger partial charge in [0.15, 0.2) is 11.5 Å². The fourth-order valence-corrected chi connectivity index (χ4v) is 4.00. The van der Waals surface area contributed by atoms with Crippen LogP contribution in [0.5, 0.6) is 11.5 Å². The zero-order valence-corrected chi connectivity index (χ0v) is 16.6. The maximum Gasteiger partial charge on any atom is 0.161 e. The van der Waals surface area contributed by atoms with Gasteiger partial charge in [-0.1, -0.05) is 66.4 Å². The van der Waals surface area contributed by atoms with E-state index in [1.54, 1.807) is 24.9 Å². The summed E-state index contributed by atoms with van der Waals surface area (Å²) in [5.41, 5.74) is 6.78. The molecule has 6 heteroatoms. The second kappa shape index (κ2) is 8.72. The van der Waals surface area contributed by atoms with Crippen LogP contribution < -0.4 is 14.9 Å². The van der Waals surface area contributed by atoms with Crippen LogP contribution in [0.3, 0.4) is 0 Å². The first-order valence-corrected chi connectivity index (χ1v) is 10.0. The Labute approximate surface area is 174 Å². The first kappa shape index (κ1) is 18.9. The zero-order chi connectivity index (χ0) is 20.1. The van der Waals surface area contributed by atoms with Gasteiger partial charge >= 0.3 is 0 Å². The van der Waals surface area contributed by atoms with Crippen molar-refractivity contribution in [1.82, 2.24) is 5.43 Å². The number of nitrogens with zero attached hydrogens (tertiary/aromatic N) is 2. The van der Waals surface area contributed by atoms with Gasteiger partial charge in [-0.15, -0.1) is 0 Å². The molecule has 0 saturated heterocycles. The van der Waals surface area contributed by atoms with Crippen molar-refractivity contribution >= 4 is 16.8 Å². The molecule has 0 aliphatic carbocycles. The standard InChI is InChI=1S/C23H19N3O2S/c1-27-21-13-17(23-26-25-22(29-23)16-7-3-2-4-8-16)11-12-20(21)28-15-19-10-6-5-9-18(19)14-24/h2-13,23,26H,15H2,1H3. The van der Waals surface area contributed by atoms with E-state index >= 15 is 0 Å². The second-order valence-corrected chi connectivity index (χ2v) is 7.47. The van der Waals surface area contributed by atoms with Gasteiger partial charge in [0.2, 0.25) is 0 Å². The SMILES string of the molecule is COc1cc(C2NN=C(c3ccccc3)S2)ccc1OCc1ccccc1C#N. The molecule has 0 spiro atoms. The topological polar surface area (TPSA) is 66.6 Å². The molecule has 0 amide bonds. The highest BCUT2D eigenvalue weighted by Crippen LogP contribution is 2.38. The minimum absolute atomic E-state index is 0.00692. The van der Waals surface area contributed by atoms with Gasteiger partial charge in [0.05, 0.1) is 18.7 Å². The molecule has 3 aromatic carbocycles. The lowest BCUT2D eigenvalue weighted by atomic mass is 10.1. The number of nitrogens with one attached hydrogen (secondary N) is 1. The normalized spacial score (nSPS) is 15.2. The molecule has 3 aromatic rings. The average Bonchev–Trinajstić information content (AvgIpc) is 3.28. The summed E-state index contributed by atoms with van der Waals surface area (Å²) in [7, 11) is 1.62. The molecular formula is C23H19N3O2S. The van der Waals surface area contributed by atoms with Crippen molar-refractivity contribution in [3.05, 3.63) is 95.1 Å². The summed E-state index contributed by atoms with van der Waals surface area (Å²) in [6.45, 7) is 0.303. The number of hydrogen-bond donors (Lipinski definition) is 1. The predicted molar refractivity (Wildman–Crippen MR) is 115 cm³/mol. The molecule has 0 bridgehead atoms. The molecule has 29 heavy (non-hydrogen) atoms. The first-order valence-electron chi connectivity index (χ1n) is 9.12. The fourth-order valence-electron chi connectivity index (χ4n) is 3.01. The third-order valence-corrected chi connectivity index (χ3v) is 5.71. The molecule has 0 fully saturated rings. The number of methoxy groups -OCH3 is 1. The van der Waals surface area contributed by atoms with E-state index in [4.69, 9.17) is 9.47 Å². The molecule has 1 N–H and O–H groups in total. The van der Waals surface area contributed by atoms with Crippen molar-refractivity contribution in [3.8, 4) is 17.6 Å². The van der Waals surface area contributed by atoms with Crippen molar-refractivity contribution < 1.29 is 9.47 Å². The lowest BCUT2D eigenvalue weighted by Gasteiger charge is -2.15. The Kier molecular flexibility index (Phi) is 5.68. The Morgan fingerprint density at radius 2 is 1.83 bits per heavy atom. The maximum atomic E-state index is 9.23. The van der Waals surface area contributed by atoms with Gasteiger partial charge in [-0.3, -0.25) is 5.43 Å². The third-order valence-electron chi connectivity index (χ3n) is 4.54. The summed E-state index contributed by atoms with van der Waals surface area (Å²) in [4.78, 5) is 0. The summed E-state index contributed by atoms with van der Waals surface area (Å²) in [5.74, 6) is 1.28. The molecule has 0 radical (unpaired) electrons. The van der Waals surface area contributed by atoms with Crippen LogP contribution in [0, 0.1) is 11.3 Å². The monoisotopic (exact) mass is 401 g/mol. The van der Waals surface area contributed by atoms with E-state index in [0.29, 0.717) is 23.7 Å². The van der Waals surface area contributed by atoms with E-state index < -0.39 is 0 Å². The van der Waals surface area contributed by atoms with Crippen LogP contribution >= 0.6 is 11.8 Å². The predicted octanol–water partition coefficient (Wildman–Crippen LogP) is 4.84. The number of ether oxygens (including phenoxy) is 2. The fraction of sp³-hybridized carbons (Fsp3) is 0.130. The Morgan fingerprint density at radius 3 is 2.62 bits per heavy atom. The molecule has 0 saturated carbocycles. The number of hydrazone groups is 1. The van der Waals surface area contributed by atoms with Crippen LogP contribution in [-0.4, -0.2) is 12.2 Å². The summed E-state index contributed by atoms with van der Waals surface area (Å²) >= 11 is 1.66. The highest BCUT2D eigenvalue weighted by atomic mass is 32.2. The van der Waals surface area contributed by atoms with Gasteiger partial charge < -0.3 is 9.47 Å². The Balaban J connectivity index is 1.47. The van der Waals surface area contributed by atoms with Crippen LogP contribution in [0.25, 0.3) is 0 Å². The molecule has 1 aliphatic rings. The van der Waals surface area contributed by atoms with Gasteiger partial charge in [0.25, 0.3) is 0 Å².